The summed E-state index contributed by atoms with van der Waals surface area (Å²) < 4.78 is 11.1. The summed E-state index contributed by atoms with van der Waals surface area (Å²) in [4.78, 5) is 2.92. The molecule has 0 N–H and O–H groups in total. The van der Waals surface area contributed by atoms with Crippen LogP contribution in [-0.2, 0) is 9.47 Å². The Morgan fingerprint density at radius 3 is 2.93 bits per heavy atom. The van der Waals surface area contributed by atoms with Crippen LogP contribution in [-0.4, -0.2) is 25.0 Å². The highest BCUT2D eigenvalue weighted by Gasteiger charge is 2.46. The van der Waals surface area contributed by atoms with Gasteiger partial charge in [0.1, 0.15) is 0 Å². The lowest BCUT2D eigenvalue weighted by Crippen LogP contribution is -2.38. The van der Waals surface area contributed by atoms with Crippen molar-refractivity contribution in [3.05, 3.63) is 10.4 Å². The SMILES string of the molecule is CC(C)(N=[N+]=[N-])[C@@H]1CO[C@H]2OCCC[C@H]21. The van der Waals surface area contributed by atoms with Crippen LogP contribution in [0.25, 0.3) is 10.4 Å². The average Bonchev–Trinajstić information content (AvgIpc) is 2.61. The molecule has 15 heavy (non-hydrogen) atoms. The fourth-order valence-corrected chi connectivity index (χ4v) is 2.58. The zero-order chi connectivity index (χ0) is 10.9. The molecular formula is C10H17N3O2. The van der Waals surface area contributed by atoms with E-state index in [4.69, 9.17) is 15.0 Å². The molecule has 0 spiro atoms. The maximum Gasteiger partial charge on any atom is 0.160 e. The summed E-state index contributed by atoms with van der Waals surface area (Å²) in [6.07, 6.45) is 2.12. The Hall–Kier alpha value is -0.770. The minimum Gasteiger partial charge on any atom is -0.352 e. The van der Waals surface area contributed by atoms with E-state index in [1.165, 1.54) is 0 Å². The number of azide groups is 1. The minimum absolute atomic E-state index is 0.0723. The molecule has 0 amide bonds. The van der Waals surface area contributed by atoms with Gasteiger partial charge >= 0.3 is 0 Å². The highest BCUT2D eigenvalue weighted by molar-refractivity contribution is 4.95. The Labute approximate surface area is 89.4 Å². The molecule has 0 saturated carbocycles. The molecule has 2 saturated heterocycles. The van der Waals surface area contributed by atoms with Gasteiger partial charge in [-0.25, -0.2) is 0 Å². The second kappa shape index (κ2) is 4.00. The van der Waals surface area contributed by atoms with Crippen molar-refractivity contribution in [1.29, 1.82) is 0 Å². The highest BCUT2D eigenvalue weighted by atomic mass is 16.7. The first kappa shape index (κ1) is 10.7. The monoisotopic (exact) mass is 211 g/mol. The van der Waals surface area contributed by atoms with Gasteiger partial charge in [-0.1, -0.05) is 19.0 Å². The molecule has 2 aliphatic heterocycles. The maximum absolute atomic E-state index is 8.54. The lowest BCUT2D eigenvalue weighted by atomic mass is 9.77. The Morgan fingerprint density at radius 1 is 1.40 bits per heavy atom. The number of fused-ring (bicyclic) bond motifs is 1. The van der Waals surface area contributed by atoms with E-state index in [1.807, 2.05) is 13.8 Å². The molecule has 2 rings (SSSR count). The predicted octanol–water partition coefficient (Wildman–Crippen LogP) is 2.47. The van der Waals surface area contributed by atoms with Gasteiger partial charge in [-0.3, -0.25) is 0 Å². The smallest absolute Gasteiger partial charge is 0.160 e. The summed E-state index contributed by atoms with van der Waals surface area (Å²) in [6.45, 7) is 5.37. The molecule has 0 aliphatic carbocycles. The van der Waals surface area contributed by atoms with Crippen molar-refractivity contribution < 1.29 is 9.47 Å². The largest absolute Gasteiger partial charge is 0.352 e. The van der Waals surface area contributed by atoms with Gasteiger partial charge in [0.05, 0.1) is 6.61 Å². The molecule has 5 nitrogen and oxygen atoms in total. The van der Waals surface area contributed by atoms with Crippen LogP contribution in [0.3, 0.4) is 0 Å². The molecule has 5 heteroatoms. The fraction of sp³-hybridized carbons (Fsp3) is 1.00. The number of rotatable bonds is 2. The molecule has 2 aliphatic rings. The van der Waals surface area contributed by atoms with Crippen molar-refractivity contribution in [2.45, 2.75) is 38.5 Å². The Balaban J connectivity index is 2.13. The van der Waals surface area contributed by atoms with Gasteiger partial charge in [0, 0.05) is 28.9 Å². The molecule has 0 radical (unpaired) electrons. The molecule has 0 aromatic heterocycles. The molecule has 0 aromatic carbocycles. The van der Waals surface area contributed by atoms with E-state index in [0.29, 0.717) is 12.5 Å². The van der Waals surface area contributed by atoms with Gasteiger partial charge in [0.25, 0.3) is 0 Å². The van der Waals surface area contributed by atoms with Crippen LogP contribution in [0.5, 0.6) is 0 Å². The van der Waals surface area contributed by atoms with E-state index in [9.17, 15) is 0 Å². The average molecular weight is 211 g/mol. The van der Waals surface area contributed by atoms with Gasteiger partial charge in [-0.2, -0.15) is 0 Å². The molecule has 0 aromatic rings. The van der Waals surface area contributed by atoms with Crippen molar-refractivity contribution in [3.63, 3.8) is 0 Å². The third kappa shape index (κ3) is 1.95. The van der Waals surface area contributed by atoms with Gasteiger partial charge in [-0.15, -0.1) is 0 Å². The van der Waals surface area contributed by atoms with Crippen LogP contribution in [0, 0.1) is 11.8 Å². The van der Waals surface area contributed by atoms with Crippen molar-refractivity contribution in [1.82, 2.24) is 0 Å². The topological polar surface area (TPSA) is 67.2 Å². The molecule has 2 fully saturated rings. The zero-order valence-corrected chi connectivity index (χ0v) is 9.22. The molecule has 0 unspecified atom stereocenters. The second-order valence-electron chi connectivity index (χ2n) is 4.83. The van der Waals surface area contributed by atoms with E-state index in [2.05, 4.69) is 10.0 Å². The zero-order valence-electron chi connectivity index (χ0n) is 9.22. The summed E-state index contributed by atoms with van der Waals surface area (Å²) in [6, 6.07) is 0. The van der Waals surface area contributed by atoms with Crippen molar-refractivity contribution >= 4 is 0 Å². The lowest BCUT2D eigenvalue weighted by molar-refractivity contribution is -0.151. The Kier molecular flexibility index (Phi) is 2.87. The van der Waals surface area contributed by atoms with Crippen molar-refractivity contribution in [3.8, 4) is 0 Å². The predicted molar refractivity (Wildman–Crippen MR) is 55.1 cm³/mol. The standard InChI is InChI=1S/C10H17N3O2/c1-10(2,12-13-11)8-6-15-9-7(8)4-3-5-14-9/h7-9H,3-6H2,1-2H3/t7-,8+,9+/m0/s1. The van der Waals surface area contributed by atoms with E-state index < -0.39 is 0 Å². The quantitative estimate of drug-likeness (QED) is 0.400. The van der Waals surface area contributed by atoms with E-state index in [1.54, 1.807) is 0 Å². The normalized spacial score (nSPS) is 35.7. The van der Waals surface area contributed by atoms with Gasteiger partial charge in [0.2, 0.25) is 0 Å². The number of hydrogen-bond acceptors (Lipinski definition) is 3. The third-order valence-corrected chi connectivity index (χ3v) is 3.48. The van der Waals surface area contributed by atoms with Crippen LogP contribution >= 0.6 is 0 Å². The summed E-state index contributed by atoms with van der Waals surface area (Å²) >= 11 is 0. The summed E-state index contributed by atoms with van der Waals surface area (Å²) in [5.41, 5.74) is 8.16. The summed E-state index contributed by atoms with van der Waals surface area (Å²) in [7, 11) is 0. The Morgan fingerprint density at radius 2 is 2.20 bits per heavy atom. The second-order valence-corrected chi connectivity index (χ2v) is 4.83. The van der Waals surface area contributed by atoms with E-state index in [0.717, 1.165) is 19.4 Å². The van der Waals surface area contributed by atoms with Crippen molar-refractivity contribution in [2.24, 2.45) is 17.0 Å². The van der Waals surface area contributed by atoms with E-state index in [-0.39, 0.29) is 17.7 Å². The number of ether oxygens (including phenoxy) is 2. The van der Waals surface area contributed by atoms with E-state index >= 15 is 0 Å². The maximum atomic E-state index is 8.54. The van der Waals surface area contributed by atoms with Crippen molar-refractivity contribution in [2.75, 3.05) is 13.2 Å². The third-order valence-electron chi connectivity index (χ3n) is 3.48. The molecule has 3 atom stereocenters. The Bertz CT molecular complexity index is 286. The van der Waals surface area contributed by atoms with Crippen LogP contribution in [0.4, 0.5) is 0 Å². The van der Waals surface area contributed by atoms with Gasteiger partial charge in [0.15, 0.2) is 6.29 Å². The fourth-order valence-electron chi connectivity index (χ4n) is 2.58. The summed E-state index contributed by atoms with van der Waals surface area (Å²) in [5, 5.41) is 3.87. The molecule has 84 valence electrons. The van der Waals surface area contributed by atoms with Gasteiger partial charge < -0.3 is 9.47 Å². The minimum atomic E-state index is -0.380. The van der Waals surface area contributed by atoms with Crippen LogP contribution in [0.2, 0.25) is 0 Å². The van der Waals surface area contributed by atoms with Gasteiger partial charge in [-0.05, 0) is 18.4 Å². The van der Waals surface area contributed by atoms with Crippen LogP contribution < -0.4 is 0 Å². The highest BCUT2D eigenvalue weighted by Crippen LogP contribution is 2.41. The number of nitrogens with zero attached hydrogens (tertiary/aromatic N) is 3. The molecule has 2 heterocycles. The first-order valence-electron chi connectivity index (χ1n) is 5.44. The lowest BCUT2D eigenvalue weighted by Gasteiger charge is -2.33. The first-order chi connectivity index (χ1) is 7.15. The molecular weight excluding hydrogens is 194 g/mol. The number of hydrogen-bond donors (Lipinski definition) is 0. The van der Waals surface area contributed by atoms with Crippen LogP contribution in [0.15, 0.2) is 5.11 Å². The summed E-state index contributed by atoms with van der Waals surface area (Å²) in [5.74, 6) is 0.665. The molecule has 0 bridgehead atoms. The van der Waals surface area contributed by atoms with Crippen LogP contribution in [0.1, 0.15) is 26.7 Å². The first-order valence-corrected chi connectivity index (χ1v) is 5.44.